The first-order valence-corrected chi connectivity index (χ1v) is 9.65. The average Bonchev–Trinajstić information content (AvgIpc) is 3.03. The third-order valence-electron chi connectivity index (χ3n) is 5.70. The van der Waals surface area contributed by atoms with Crippen LogP contribution in [0.5, 0.6) is 0 Å². The molecule has 2 radical (unpaired) electrons. The van der Waals surface area contributed by atoms with Crippen molar-refractivity contribution in [2.75, 3.05) is 0 Å². The van der Waals surface area contributed by atoms with Crippen LogP contribution in [0.3, 0.4) is 0 Å². The lowest BCUT2D eigenvalue weighted by Gasteiger charge is -2.21. The number of rotatable bonds is 2. The molecule has 3 aliphatic rings. The molecule has 0 saturated carbocycles. The third kappa shape index (κ3) is 2.56. The highest BCUT2D eigenvalue weighted by atomic mass is 15.0. The summed E-state index contributed by atoms with van der Waals surface area (Å²) < 4.78 is 2.48. The Morgan fingerprint density at radius 1 is 1.00 bits per heavy atom. The molecule has 126 valence electrons. The van der Waals surface area contributed by atoms with Crippen molar-refractivity contribution in [3.63, 3.8) is 0 Å². The highest BCUT2D eigenvalue weighted by Crippen LogP contribution is 2.39. The number of para-hydroxylation sites is 1. The molecule has 1 aromatic carbocycles. The number of hydrogen-bond donors (Lipinski definition) is 0. The molecule has 3 aliphatic carbocycles. The van der Waals surface area contributed by atoms with Crippen LogP contribution in [0.1, 0.15) is 36.9 Å². The van der Waals surface area contributed by atoms with E-state index in [1.54, 1.807) is 0 Å². The van der Waals surface area contributed by atoms with Gasteiger partial charge in [-0.15, -0.1) is 0 Å². The summed E-state index contributed by atoms with van der Waals surface area (Å²) in [5, 5.41) is 1.36. The standard InChI is InChI=1S/C24H22BN/c25-19-13-10-17(11-14-19)18-12-15-24-22(16-18)21-8-4-5-9-23(21)26(24)20-6-2-1-3-7-20/h2,4-11,13,16,19H,1,3,12,14-15H2. The lowest BCUT2D eigenvalue weighted by Crippen LogP contribution is -2.08. The Labute approximate surface area is 156 Å². The molecule has 1 atom stereocenters. The fourth-order valence-electron chi connectivity index (χ4n) is 4.39. The summed E-state index contributed by atoms with van der Waals surface area (Å²) in [4.78, 5) is 0. The smallest absolute Gasteiger partial charge is 0.0759 e. The van der Waals surface area contributed by atoms with Crippen LogP contribution in [0.2, 0.25) is 5.82 Å². The molecule has 0 bridgehead atoms. The van der Waals surface area contributed by atoms with Gasteiger partial charge in [-0.05, 0) is 61.5 Å². The lowest BCUT2D eigenvalue weighted by molar-refractivity contribution is 0.863. The fraction of sp³-hybridized carbons (Fsp3) is 0.250. The van der Waals surface area contributed by atoms with Crippen molar-refractivity contribution < 1.29 is 0 Å². The molecule has 2 aromatic rings. The molecule has 0 saturated heterocycles. The first kappa shape index (κ1) is 15.8. The largest absolute Gasteiger partial charge is 0.313 e. The second-order valence-corrected chi connectivity index (χ2v) is 7.41. The van der Waals surface area contributed by atoms with E-state index in [-0.39, 0.29) is 5.82 Å². The minimum absolute atomic E-state index is 0.172. The Balaban J connectivity index is 1.67. The van der Waals surface area contributed by atoms with Crippen LogP contribution in [0.15, 0.2) is 71.9 Å². The third-order valence-corrected chi connectivity index (χ3v) is 5.70. The molecule has 0 spiro atoms. The molecule has 1 aromatic heterocycles. The van der Waals surface area contributed by atoms with Crippen molar-refractivity contribution in [3.8, 4) is 0 Å². The number of benzene rings is 1. The van der Waals surface area contributed by atoms with Crippen molar-refractivity contribution >= 4 is 30.5 Å². The zero-order valence-corrected chi connectivity index (χ0v) is 15.0. The maximum atomic E-state index is 6.00. The summed E-state index contributed by atoms with van der Waals surface area (Å²) in [5.74, 6) is 0.172. The molecular weight excluding hydrogens is 313 g/mol. The van der Waals surface area contributed by atoms with Crippen LogP contribution in [0.25, 0.3) is 22.7 Å². The van der Waals surface area contributed by atoms with Crippen LogP contribution in [-0.4, -0.2) is 12.4 Å². The molecule has 1 nitrogen and oxygen atoms in total. The van der Waals surface area contributed by atoms with Gasteiger partial charge in [-0.1, -0.05) is 54.4 Å². The van der Waals surface area contributed by atoms with Gasteiger partial charge in [0.05, 0.1) is 13.4 Å². The number of nitrogens with zero attached hydrogens (tertiary/aromatic N) is 1. The summed E-state index contributed by atoms with van der Waals surface area (Å²) in [5.41, 5.74) is 8.29. The molecule has 1 heterocycles. The van der Waals surface area contributed by atoms with E-state index in [0.29, 0.717) is 0 Å². The average molecular weight is 335 g/mol. The van der Waals surface area contributed by atoms with Gasteiger partial charge in [-0.2, -0.15) is 0 Å². The van der Waals surface area contributed by atoms with E-state index in [1.807, 2.05) is 0 Å². The summed E-state index contributed by atoms with van der Waals surface area (Å²) in [7, 11) is 6.00. The molecule has 0 amide bonds. The van der Waals surface area contributed by atoms with E-state index >= 15 is 0 Å². The van der Waals surface area contributed by atoms with Crippen LogP contribution < -0.4 is 0 Å². The number of allylic oxidation sites excluding steroid dienone is 9. The van der Waals surface area contributed by atoms with Gasteiger partial charge >= 0.3 is 0 Å². The summed E-state index contributed by atoms with van der Waals surface area (Å²) in [6.45, 7) is 0. The second kappa shape index (κ2) is 6.35. The number of fused-ring (bicyclic) bond motifs is 3. The lowest BCUT2D eigenvalue weighted by atomic mass is 9.79. The van der Waals surface area contributed by atoms with Crippen LogP contribution in [0, 0.1) is 0 Å². The molecule has 0 N–H and O–H groups in total. The molecule has 5 rings (SSSR count). The van der Waals surface area contributed by atoms with Gasteiger partial charge in [-0.3, -0.25) is 0 Å². The topological polar surface area (TPSA) is 4.93 Å². The van der Waals surface area contributed by atoms with Crippen molar-refractivity contribution in [2.45, 2.75) is 37.9 Å². The predicted octanol–water partition coefficient (Wildman–Crippen LogP) is 6.01. The van der Waals surface area contributed by atoms with Crippen LogP contribution >= 0.6 is 0 Å². The number of hydrogen-bond acceptors (Lipinski definition) is 0. The zero-order chi connectivity index (χ0) is 17.5. The van der Waals surface area contributed by atoms with Gasteiger partial charge in [0.15, 0.2) is 0 Å². The Hall–Kier alpha value is -2.48. The van der Waals surface area contributed by atoms with E-state index in [9.17, 15) is 0 Å². The van der Waals surface area contributed by atoms with E-state index in [0.717, 1.165) is 32.1 Å². The first-order chi connectivity index (χ1) is 12.8. The van der Waals surface area contributed by atoms with Gasteiger partial charge < -0.3 is 4.57 Å². The predicted molar refractivity (Wildman–Crippen MR) is 112 cm³/mol. The van der Waals surface area contributed by atoms with E-state index < -0.39 is 0 Å². The molecular formula is C24H22BN. The first-order valence-electron chi connectivity index (χ1n) is 9.65. The molecule has 0 aliphatic heterocycles. The van der Waals surface area contributed by atoms with Gasteiger partial charge in [0.1, 0.15) is 0 Å². The normalized spacial score (nSPS) is 22.0. The van der Waals surface area contributed by atoms with Crippen molar-refractivity contribution in [1.29, 1.82) is 0 Å². The minimum Gasteiger partial charge on any atom is -0.313 e. The highest BCUT2D eigenvalue weighted by molar-refractivity contribution is 6.13. The maximum Gasteiger partial charge on any atom is 0.0759 e. The Morgan fingerprint density at radius 3 is 2.73 bits per heavy atom. The second-order valence-electron chi connectivity index (χ2n) is 7.41. The SMILES string of the molecule is [B]C1C=CC(C2=Cc3c(n(C4=CCCC=C4)c4ccccc34)CC2)=CC1. The van der Waals surface area contributed by atoms with Gasteiger partial charge in [-0.25, -0.2) is 0 Å². The Kier molecular flexibility index (Phi) is 3.85. The Bertz CT molecular complexity index is 1030. The summed E-state index contributed by atoms with van der Waals surface area (Å²) in [6.07, 6.45) is 21.4. The Morgan fingerprint density at radius 2 is 1.92 bits per heavy atom. The maximum absolute atomic E-state index is 6.00. The quantitative estimate of drug-likeness (QED) is 0.593. The van der Waals surface area contributed by atoms with Gasteiger partial charge in [0, 0.05) is 22.3 Å². The molecule has 26 heavy (non-hydrogen) atoms. The van der Waals surface area contributed by atoms with Crippen LogP contribution in [-0.2, 0) is 6.42 Å². The van der Waals surface area contributed by atoms with Gasteiger partial charge in [0.2, 0.25) is 0 Å². The highest BCUT2D eigenvalue weighted by Gasteiger charge is 2.22. The minimum atomic E-state index is 0.172. The summed E-state index contributed by atoms with van der Waals surface area (Å²) >= 11 is 0. The van der Waals surface area contributed by atoms with Crippen molar-refractivity contribution in [3.05, 3.63) is 83.1 Å². The molecule has 1 unspecified atom stereocenters. The number of aromatic nitrogens is 1. The molecule has 0 fully saturated rings. The molecule has 2 heteroatoms. The zero-order valence-electron chi connectivity index (χ0n) is 15.0. The fourth-order valence-corrected chi connectivity index (χ4v) is 4.39. The van der Waals surface area contributed by atoms with Crippen molar-refractivity contribution in [2.24, 2.45) is 0 Å². The van der Waals surface area contributed by atoms with Crippen LogP contribution in [0.4, 0.5) is 0 Å². The van der Waals surface area contributed by atoms with Gasteiger partial charge in [0.25, 0.3) is 0 Å². The van der Waals surface area contributed by atoms with E-state index in [2.05, 4.69) is 71.4 Å². The monoisotopic (exact) mass is 335 g/mol. The van der Waals surface area contributed by atoms with E-state index in [4.69, 9.17) is 7.85 Å². The summed E-state index contributed by atoms with van der Waals surface area (Å²) in [6, 6.07) is 8.82. The van der Waals surface area contributed by atoms with Crippen molar-refractivity contribution in [1.82, 2.24) is 4.57 Å². The van der Waals surface area contributed by atoms with E-state index in [1.165, 1.54) is 39.0 Å².